The first-order valence-corrected chi connectivity index (χ1v) is 5.57. The van der Waals surface area contributed by atoms with Crippen molar-refractivity contribution in [3.63, 3.8) is 0 Å². The lowest BCUT2D eigenvalue weighted by atomic mass is 10.4. The van der Waals surface area contributed by atoms with Crippen molar-refractivity contribution >= 4 is 22.8 Å². The monoisotopic (exact) mass is 256 g/mol. The Hall–Kier alpha value is -1.56. The topological polar surface area (TPSA) is 61.8 Å². The van der Waals surface area contributed by atoms with Crippen LogP contribution in [0.1, 0.15) is 19.9 Å². The number of halogens is 1. The van der Waals surface area contributed by atoms with Crippen LogP contribution < -0.4 is 11.2 Å². The van der Waals surface area contributed by atoms with Crippen molar-refractivity contribution in [3.8, 4) is 0 Å². The van der Waals surface area contributed by atoms with Gasteiger partial charge in [0.05, 0.1) is 0 Å². The summed E-state index contributed by atoms with van der Waals surface area (Å²) in [6.07, 6.45) is 0. The largest absolute Gasteiger partial charge is 0.332 e. The second kappa shape index (κ2) is 3.73. The molecule has 0 saturated heterocycles. The standard InChI is InChI=1S/C10H13ClN4O2/c1-5(2)15-6-7(12-9(15)11)13(3)10(17)14(4)8(6)16/h5H,1-4H3. The molecule has 6 nitrogen and oxygen atoms in total. The zero-order valence-corrected chi connectivity index (χ0v) is 10.8. The molecule has 0 unspecified atom stereocenters. The van der Waals surface area contributed by atoms with Crippen molar-refractivity contribution < 1.29 is 0 Å². The van der Waals surface area contributed by atoms with Crippen molar-refractivity contribution in [2.45, 2.75) is 19.9 Å². The average molecular weight is 257 g/mol. The lowest BCUT2D eigenvalue weighted by Gasteiger charge is -2.09. The van der Waals surface area contributed by atoms with Crippen molar-refractivity contribution in [1.82, 2.24) is 18.7 Å². The smallest absolute Gasteiger partial charge is 0.306 e. The highest BCUT2D eigenvalue weighted by Gasteiger charge is 2.19. The van der Waals surface area contributed by atoms with E-state index in [1.54, 1.807) is 11.6 Å². The second-order valence-corrected chi connectivity index (χ2v) is 4.56. The number of rotatable bonds is 1. The summed E-state index contributed by atoms with van der Waals surface area (Å²) in [5, 5.41) is 0.216. The van der Waals surface area contributed by atoms with Gasteiger partial charge in [-0.2, -0.15) is 4.98 Å². The Morgan fingerprint density at radius 2 is 1.76 bits per heavy atom. The predicted octanol–water partition coefficient (Wildman–Crippen LogP) is 0.668. The quantitative estimate of drug-likeness (QED) is 0.705. The number of hydrogen-bond donors (Lipinski definition) is 0. The fourth-order valence-electron chi connectivity index (χ4n) is 1.86. The maximum absolute atomic E-state index is 12.1. The summed E-state index contributed by atoms with van der Waals surface area (Å²) in [4.78, 5) is 27.9. The minimum Gasteiger partial charge on any atom is -0.306 e. The van der Waals surface area contributed by atoms with E-state index in [0.29, 0.717) is 11.2 Å². The number of aryl methyl sites for hydroxylation is 1. The first-order valence-electron chi connectivity index (χ1n) is 5.19. The van der Waals surface area contributed by atoms with E-state index in [0.717, 1.165) is 4.57 Å². The molecule has 0 aliphatic heterocycles. The molecular formula is C10H13ClN4O2. The molecule has 0 aliphatic carbocycles. The van der Waals surface area contributed by atoms with Crippen molar-refractivity contribution in [2.75, 3.05) is 0 Å². The van der Waals surface area contributed by atoms with Crippen LogP contribution in [0.5, 0.6) is 0 Å². The van der Waals surface area contributed by atoms with Gasteiger partial charge in [0, 0.05) is 20.1 Å². The molecule has 17 heavy (non-hydrogen) atoms. The van der Waals surface area contributed by atoms with E-state index in [1.165, 1.54) is 11.6 Å². The molecule has 0 bridgehead atoms. The molecule has 0 N–H and O–H groups in total. The van der Waals surface area contributed by atoms with Crippen LogP contribution >= 0.6 is 11.6 Å². The molecule has 0 fully saturated rings. The predicted molar refractivity (Wildman–Crippen MR) is 65.6 cm³/mol. The third kappa shape index (κ3) is 1.51. The van der Waals surface area contributed by atoms with Crippen LogP contribution in [-0.2, 0) is 14.1 Å². The molecule has 2 heterocycles. The molecule has 7 heteroatoms. The lowest BCUT2D eigenvalue weighted by molar-refractivity contribution is 0.611. The van der Waals surface area contributed by atoms with Gasteiger partial charge in [0.1, 0.15) is 0 Å². The maximum atomic E-state index is 12.1. The number of nitrogens with zero attached hydrogens (tertiary/aromatic N) is 4. The summed E-state index contributed by atoms with van der Waals surface area (Å²) in [6.45, 7) is 3.80. The van der Waals surface area contributed by atoms with Crippen molar-refractivity contribution in [3.05, 3.63) is 26.1 Å². The molecule has 0 spiro atoms. The molecule has 0 radical (unpaired) electrons. The number of fused-ring (bicyclic) bond motifs is 1. The molecule has 2 aromatic heterocycles. The third-order valence-corrected chi connectivity index (χ3v) is 3.03. The van der Waals surface area contributed by atoms with E-state index in [4.69, 9.17) is 11.6 Å². The number of imidazole rings is 1. The van der Waals surface area contributed by atoms with Gasteiger partial charge in [-0.05, 0) is 25.4 Å². The summed E-state index contributed by atoms with van der Waals surface area (Å²) in [5.41, 5.74) is -0.116. The molecule has 92 valence electrons. The summed E-state index contributed by atoms with van der Waals surface area (Å²) < 4.78 is 4.00. The second-order valence-electron chi connectivity index (χ2n) is 4.22. The van der Waals surface area contributed by atoms with Crippen LogP contribution in [0, 0.1) is 0 Å². The number of aromatic nitrogens is 4. The van der Waals surface area contributed by atoms with Crippen molar-refractivity contribution in [2.24, 2.45) is 14.1 Å². The van der Waals surface area contributed by atoms with Gasteiger partial charge in [0.15, 0.2) is 11.2 Å². The minimum atomic E-state index is -0.410. The Balaban J connectivity index is 3.13. The fourth-order valence-corrected chi connectivity index (χ4v) is 2.22. The van der Waals surface area contributed by atoms with E-state index in [-0.39, 0.29) is 16.9 Å². The molecule has 0 atom stereocenters. The molecule has 0 amide bonds. The van der Waals surface area contributed by atoms with Gasteiger partial charge in [-0.1, -0.05) is 0 Å². The highest BCUT2D eigenvalue weighted by Crippen LogP contribution is 2.20. The van der Waals surface area contributed by atoms with Crippen molar-refractivity contribution in [1.29, 1.82) is 0 Å². The highest BCUT2D eigenvalue weighted by molar-refractivity contribution is 6.29. The van der Waals surface area contributed by atoms with Gasteiger partial charge in [-0.25, -0.2) is 4.79 Å². The van der Waals surface area contributed by atoms with E-state index in [9.17, 15) is 9.59 Å². The maximum Gasteiger partial charge on any atom is 0.332 e. The Bertz CT molecular complexity index is 708. The zero-order valence-electron chi connectivity index (χ0n) is 10.1. The highest BCUT2D eigenvalue weighted by atomic mass is 35.5. The van der Waals surface area contributed by atoms with E-state index < -0.39 is 5.69 Å². The van der Waals surface area contributed by atoms with E-state index >= 15 is 0 Å². The van der Waals surface area contributed by atoms with Crippen LogP contribution in [0.4, 0.5) is 0 Å². The minimum absolute atomic E-state index is 0.00213. The normalized spacial score (nSPS) is 11.6. The van der Waals surface area contributed by atoms with Crippen LogP contribution in [0.3, 0.4) is 0 Å². The molecule has 2 rings (SSSR count). The summed E-state index contributed by atoms with van der Waals surface area (Å²) >= 11 is 6.00. The lowest BCUT2D eigenvalue weighted by Crippen LogP contribution is -2.37. The first kappa shape index (κ1) is 11.9. The van der Waals surface area contributed by atoms with Crippen LogP contribution in [0.2, 0.25) is 5.28 Å². The van der Waals surface area contributed by atoms with Gasteiger partial charge in [-0.15, -0.1) is 0 Å². The first-order chi connectivity index (χ1) is 7.86. The summed E-state index contributed by atoms with van der Waals surface area (Å²) in [7, 11) is 3.01. The summed E-state index contributed by atoms with van der Waals surface area (Å²) in [5.74, 6) is 0. The Morgan fingerprint density at radius 3 is 2.29 bits per heavy atom. The Labute approximate surface area is 102 Å². The van der Waals surface area contributed by atoms with Crippen LogP contribution in [0.25, 0.3) is 11.2 Å². The van der Waals surface area contributed by atoms with Gasteiger partial charge in [0.2, 0.25) is 5.28 Å². The van der Waals surface area contributed by atoms with Gasteiger partial charge < -0.3 is 4.57 Å². The SMILES string of the molecule is CC(C)n1c(Cl)nc2c1c(=O)n(C)c(=O)n2C. The van der Waals surface area contributed by atoms with Crippen LogP contribution in [0.15, 0.2) is 9.59 Å². The molecular weight excluding hydrogens is 244 g/mol. The zero-order chi connectivity index (χ0) is 12.9. The fraction of sp³-hybridized carbons (Fsp3) is 0.500. The van der Waals surface area contributed by atoms with Gasteiger partial charge >= 0.3 is 5.69 Å². The van der Waals surface area contributed by atoms with Gasteiger partial charge in [-0.3, -0.25) is 13.9 Å². The summed E-state index contributed by atoms with van der Waals surface area (Å²) in [6, 6.07) is -0.00213. The number of hydrogen-bond acceptors (Lipinski definition) is 3. The van der Waals surface area contributed by atoms with E-state index in [1.807, 2.05) is 13.8 Å². The molecule has 0 saturated carbocycles. The van der Waals surface area contributed by atoms with Gasteiger partial charge in [0.25, 0.3) is 5.56 Å². The third-order valence-electron chi connectivity index (χ3n) is 2.76. The molecule has 2 aromatic rings. The Kier molecular flexibility index (Phi) is 2.61. The average Bonchev–Trinajstić information content (AvgIpc) is 2.61. The van der Waals surface area contributed by atoms with Crippen LogP contribution in [-0.4, -0.2) is 18.7 Å². The van der Waals surface area contributed by atoms with E-state index in [2.05, 4.69) is 4.98 Å². The molecule has 0 aromatic carbocycles. The Morgan fingerprint density at radius 1 is 1.18 bits per heavy atom. The molecule has 0 aliphatic rings.